The Hall–Kier alpha value is -2.08. The number of fused-ring (bicyclic) bond motifs is 1. The SMILES string of the molecule is CC[C@@H]1Oc2ccccc2N(CC(=O)NC[C@H]2CCCO2)C1=O. The summed E-state index contributed by atoms with van der Waals surface area (Å²) in [5.74, 6) is 0.296. The molecule has 2 atom stereocenters. The van der Waals surface area contributed by atoms with E-state index in [0.29, 0.717) is 24.4 Å². The molecule has 0 aromatic heterocycles. The summed E-state index contributed by atoms with van der Waals surface area (Å²) in [6.07, 6.45) is 2.14. The standard InChI is InChI=1S/C17H22N2O4/c1-2-14-17(21)19(13-7-3-4-8-15(13)23-14)11-16(20)18-10-12-6-5-9-22-12/h3-4,7-8,12,14H,2,5-6,9-11H2,1H3,(H,18,20)/t12-,14+/m1/s1. The highest BCUT2D eigenvalue weighted by molar-refractivity contribution is 6.03. The van der Waals surface area contributed by atoms with Crippen molar-refractivity contribution < 1.29 is 19.1 Å². The highest BCUT2D eigenvalue weighted by Crippen LogP contribution is 2.34. The number of carbonyl (C=O) groups excluding carboxylic acids is 2. The number of benzene rings is 1. The van der Waals surface area contributed by atoms with Crippen LogP contribution in [0.1, 0.15) is 26.2 Å². The molecule has 0 bridgehead atoms. The lowest BCUT2D eigenvalue weighted by atomic mass is 10.1. The van der Waals surface area contributed by atoms with Gasteiger partial charge in [-0.05, 0) is 31.4 Å². The van der Waals surface area contributed by atoms with E-state index in [4.69, 9.17) is 9.47 Å². The first-order valence-corrected chi connectivity index (χ1v) is 8.14. The van der Waals surface area contributed by atoms with Crippen LogP contribution in [0.4, 0.5) is 5.69 Å². The van der Waals surface area contributed by atoms with Gasteiger partial charge >= 0.3 is 0 Å². The monoisotopic (exact) mass is 318 g/mol. The molecule has 0 unspecified atom stereocenters. The second kappa shape index (κ2) is 7.00. The average molecular weight is 318 g/mol. The molecule has 2 aliphatic rings. The Bertz CT molecular complexity index is 584. The maximum absolute atomic E-state index is 12.5. The van der Waals surface area contributed by atoms with Crippen molar-refractivity contribution in [3.63, 3.8) is 0 Å². The molecule has 1 aromatic rings. The van der Waals surface area contributed by atoms with E-state index in [1.165, 1.54) is 4.90 Å². The highest BCUT2D eigenvalue weighted by Gasteiger charge is 2.34. The van der Waals surface area contributed by atoms with Crippen molar-refractivity contribution in [1.29, 1.82) is 0 Å². The van der Waals surface area contributed by atoms with Gasteiger partial charge in [0, 0.05) is 13.2 Å². The fourth-order valence-corrected chi connectivity index (χ4v) is 2.93. The van der Waals surface area contributed by atoms with Gasteiger partial charge in [0.05, 0.1) is 11.8 Å². The third-order valence-electron chi connectivity index (χ3n) is 4.19. The van der Waals surface area contributed by atoms with Gasteiger partial charge in [-0.3, -0.25) is 14.5 Å². The molecule has 1 N–H and O–H groups in total. The van der Waals surface area contributed by atoms with Crippen molar-refractivity contribution in [2.24, 2.45) is 0 Å². The van der Waals surface area contributed by atoms with E-state index in [1.807, 2.05) is 25.1 Å². The lowest BCUT2D eigenvalue weighted by Gasteiger charge is -2.33. The summed E-state index contributed by atoms with van der Waals surface area (Å²) in [5.41, 5.74) is 0.648. The molecule has 1 fully saturated rings. The van der Waals surface area contributed by atoms with E-state index >= 15 is 0 Å². The van der Waals surface area contributed by atoms with E-state index < -0.39 is 6.10 Å². The van der Waals surface area contributed by atoms with Crippen LogP contribution in [0.3, 0.4) is 0 Å². The summed E-state index contributed by atoms with van der Waals surface area (Å²) < 4.78 is 11.2. The fraction of sp³-hybridized carbons (Fsp3) is 0.529. The second-order valence-electron chi connectivity index (χ2n) is 5.85. The van der Waals surface area contributed by atoms with Crippen molar-refractivity contribution in [3.05, 3.63) is 24.3 Å². The number of anilines is 1. The van der Waals surface area contributed by atoms with E-state index in [1.54, 1.807) is 6.07 Å². The van der Waals surface area contributed by atoms with E-state index in [0.717, 1.165) is 19.4 Å². The molecule has 23 heavy (non-hydrogen) atoms. The van der Waals surface area contributed by atoms with Crippen LogP contribution < -0.4 is 15.0 Å². The Morgan fingerprint density at radius 1 is 1.39 bits per heavy atom. The van der Waals surface area contributed by atoms with E-state index in [-0.39, 0.29) is 24.5 Å². The third-order valence-corrected chi connectivity index (χ3v) is 4.19. The number of nitrogens with zero attached hydrogens (tertiary/aromatic N) is 1. The van der Waals surface area contributed by atoms with Gasteiger partial charge in [-0.15, -0.1) is 0 Å². The Morgan fingerprint density at radius 3 is 2.96 bits per heavy atom. The predicted molar refractivity (Wildman–Crippen MR) is 85.5 cm³/mol. The van der Waals surface area contributed by atoms with Crippen molar-refractivity contribution in [3.8, 4) is 5.75 Å². The zero-order chi connectivity index (χ0) is 16.2. The van der Waals surface area contributed by atoms with Crippen LogP contribution in [-0.2, 0) is 14.3 Å². The Balaban J connectivity index is 1.67. The molecule has 0 aliphatic carbocycles. The van der Waals surface area contributed by atoms with E-state index in [2.05, 4.69) is 5.32 Å². The lowest BCUT2D eigenvalue weighted by molar-refractivity contribution is -0.129. The molecular weight excluding hydrogens is 296 g/mol. The summed E-state index contributed by atoms with van der Waals surface area (Å²) in [6, 6.07) is 7.31. The molecule has 1 saturated heterocycles. The quantitative estimate of drug-likeness (QED) is 0.893. The summed E-state index contributed by atoms with van der Waals surface area (Å²) >= 11 is 0. The van der Waals surface area contributed by atoms with Gasteiger partial charge in [-0.2, -0.15) is 0 Å². The summed E-state index contributed by atoms with van der Waals surface area (Å²) in [7, 11) is 0. The third kappa shape index (κ3) is 3.47. The lowest BCUT2D eigenvalue weighted by Crippen LogP contribution is -2.50. The van der Waals surface area contributed by atoms with Crippen molar-refractivity contribution >= 4 is 17.5 Å². The van der Waals surface area contributed by atoms with Gasteiger partial charge in [0.15, 0.2) is 6.10 Å². The smallest absolute Gasteiger partial charge is 0.268 e. The number of para-hydroxylation sites is 2. The first-order valence-electron chi connectivity index (χ1n) is 8.14. The second-order valence-corrected chi connectivity index (χ2v) is 5.85. The topological polar surface area (TPSA) is 67.9 Å². The first-order chi connectivity index (χ1) is 11.2. The van der Waals surface area contributed by atoms with Gasteiger partial charge in [0.2, 0.25) is 5.91 Å². The number of carbonyl (C=O) groups is 2. The molecule has 2 amide bonds. The van der Waals surface area contributed by atoms with Crippen molar-refractivity contribution in [1.82, 2.24) is 5.32 Å². The Morgan fingerprint density at radius 2 is 2.22 bits per heavy atom. The molecule has 0 radical (unpaired) electrons. The van der Waals surface area contributed by atoms with Crippen LogP contribution in [0.2, 0.25) is 0 Å². The van der Waals surface area contributed by atoms with Gasteiger partial charge < -0.3 is 14.8 Å². The van der Waals surface area contributed by atoms with Gasteiger partial charge in [-0.1, -0.05) is 19.1 Å². The molecule has 124 valence electrons. The fourth-order valence-electron chi connectivity index (χ4n) is 2.93. The van der Waals surface area contributed by atoms with Crippen LogP contribution in [0.5, 0.6) is 5.75 Å². The minimum atomic E-state index is -0.532. The molecule has 2 heterocycles. The van der Waals surface area contributed by atoms with Gasteiger partial charge in [0.1, 0.15) is 12.3 Å². The van der Waals surface area contributed by atoms with Gasteiger partial charge in [-0.25, -0.2) is 0 Å². The van der Waals surface area contributed by atoms with Crippen molar-refractivity contribution in [2.45, 2.75) is 38.4 Å². The molecule has 6 nitrogen and oxygen atoms in total. The maximum Gasteiger partial charge on any atom is 0.268 e. The minimum Gasteiger partial charge on any atom is -0.478 e. The van der Waals surface area contributed by atoms with Crippen molar-refractivity contribution in [2.75, 3.05) is 24.6 Å². The van der Waals surface area contributed by atoms with Gasteiger partial charge in [0.25, 0.3) is 5.91 Å². The average Bonchev–Trinajstić information content (AvgIpc) is 3.09. The molecule has 3 rings (SSSR count). The molecule has 1 aromatic carbocycles. The number of hydrogen-bond acceptors (Lipinski definition) is 4. The normalized spacial score (nSPS) is 23.3. The molecule has 0 spiro atoms. The summed E-state index contributed by atoms with van der Waals surface area (Å²) in [4.78, 5) is 26.2. The van der Waals surface area contributed by atoms with Crippen LogP contribution in [0, 0.1) is 0 Å². The zero-order valence-corrected chi connectivity index (χ0v) is 13.3. The summed E-state index contributed by atoms with van der Waals surface area (Å²) in [5, 5.41) is 2.86. The summed E-state index contributed by atoms with van der Waals surface area (Å²) in [6.45, 7) is 3.15. The van der Waals surface area contributed by atoms with Crippen LogP contribution >= 0.6 is 0 Å². The Labute approximate surface area is 135 Å². The molecule has 0 saturated carbocycles. The minimum absolute atomic E-state index is 0.00241. The number of ether oxygens (including phenoxy) is 2. The largest absolute Gasteiger partial charge is 0.478 e. The highest BCUT2D eigenvalue weighted by atomic mass is 16.5. The van der Waals surface area contributed by atoms with Crippen LogP contribution in [0.15, 0.2) is 24.3 Å². The van der Waals surface area contributed by atoms with E-state index in [9.17, 15) is 9.59 Å². The zero-order valence-electron chi connectivity index (χ0n) is 13.3. The number of hydrogen-bond donors (Lipinski definition) is 1. The van der Waals surface area contributed by atoms with Crippen LogP contribution in [-0.4, -0.2) is 43.7 Å². The molecular formula is C17H22N2O4. The predicted octanol–water partition coefficient (Wildman–Crippen LogP) is 1.49. The molecule has 6 heteroatoms. The number of nitrogens with one attached hydrogen (secondary N) is 1. The number of rotatable bonds is 5. The Kier molecular flexibility index (Phi) is 4.81. The van der Waals surface area contributed by atoms with Crippen LogP contribution in [0.25, 0.3) is 0 Å². The first kappa shape index (κ1) is 15.8. The molecule has 2 aliphatic heterocycles. The number of amides is 2. The maximum atomic E-state index is 12.5.